The van der Waals surface area contributed by atoms with E-state index >= 15 is 0 Å². The van der Waals surface area contributed by atoms with Crippen molar-refractivity contribution < 1.29 is 0 Å². The Morgan fingerprint density at radius 2 is 1.74 bits per heavy atom. The van der Waals surface area contributed by atoms with Crippen LogP contribution in [0.2, 0.25) is 0 Å². The minimum Gasteiger partial charge on any atom is -0.256 e. The molecule has 0 amide bonds. The molecule has 4 rings (SSSR count). The maximum absolute atomic E-state index is 4.63. The van der Waals surface area contributed by atoms with Crippen molar-refractivity contribution in [3.63, 3.8) is 0 Å². The van der Waals surface area contributed by atoms with Crippen LogP contribution in [0.15, 0.2) is 53.5 Å². The lowest BCUT2D eigenvalue weighted by molar-refractivity contribution is 1.24. The number of fused-ring (bicyclic) bond motifs is 4. The number of nitrogens with zero attached hydrogens (tertiary/aromatic N) is 1. The molecule has 0 unspecified atom stereocenters. The van der Waals surface area contributed by atoms with Crippen molar-refractivity contribution in [2.24, 2.45) is 4.99 Å². The zero-order chi connectivity index (χ0) is 11.9. The van der Waals surface area contributed by atoms with Gasteiger partial charge < -0.3 is 0 Å². The Bertz CT molecular complexity index is 773. The summed E-state index contributed by atoms with van der Waals surface area (Å²) in [5, 5.41) is 1.33. The Labute approximate surface area is 122 Å². The van der Waals surface area contributed by atoms with Gasteiger partial charge in [-0.1, -0.05) is 36.4 Å². The van der Waals surface area contributed by atoms with Crippen LogP contribution in [0.4, 0.5) is 5.69 Å². The quantitative estimate of drug-likeness (QED) is 0.432. The summed E-state index contributed by atoms with van der Waals surface area (Å²) in [5.74, 6) is 0. The number of hydrogen-bond acceptors (Lipinski definition) is 2. The van der Waals surface area contributed by atoms with Gasteiger partial charge in [-0.05, 0) is 17.7 Å². The van der Waals surface area contributed by atoms with Crippen LogP contribution < -0.4 is 0 Å². The number of benzene rings is 2. The zero-order valence-electron chi connectivity index (χ0n) is 10.2. The highest BCUT2D eigenvalue weighted by Crippen LogP contribution is 2.35. The van der Waals surface area contributed by atoms with E-state index in [2.05, 4.69) is 47.5 Å². The van der Waals surface area contributed by atoms with Gasteiger partial charge in [-0.3, -0.25) is 4.99 Å². The zero-order valence-corrected chi connectivity index (χ0v) is 11.8. The maximum Gasteiger partial charge on any atom is 0.0665 e. The normalized spacial score (nSPS) is 12.4. The molecule has 2 aromatic carbocycles. The summed E-state index contributed by atoms with van der Waals surface area (Å²) in [4.78, 5) is 6.05. The molecule has 1 nitrogen and oxygen atoms in total. The van der Waals surface area contributed by atoms with Crippen LogP contribution in [0.3, 0.4) is 0 Å². The third-order valence-electron chi connectivity index (χ3n) is 3.39. The Morgan fingerprint density at radius 1 is 0.947 bits per heavy atom. The van der Waals surface area contributed by atoms with Crippen molar-refractivity contribution in [3.8, 4) is 0 Å². The Hall–Kier alpha value is -1.64. The smallest absolute Gasteiger partial charge is 0.0665 e. The van der Waals surface area contributed by atoms with Gasteiger partial charge >= 0.3 is 0 Å². The molecule has 0 saturated carbocycles. The molecule has 0 radical (unpaired) electrons. The molecule has 94 valence electrons. The number of halogens is 1. The molecular weight excluding hydrogens is 274 g/mol. The van der Waals surface area contributed by atoms with Gasteiger partial charge in [-0.2, -0.15) is 0 Å². The van der Waals surface area contributed by atoms with E-state index in [0.717, 1.165) is 12.1 Å². The summed E-state index contributed by atoms with van der Waals surface area (Å²) in [6.45, 7) is 0. The fourth-order valence-corrected chi connectivity index (χ4v) is 3.68. The molecule has 3 heteroatoms. The molecule has 0 N–H and O–H groups in total. The predicted molar refractivity (Wildman–Crippen MR) is 85.6 cm³/mol. The molecule has 2 heterocycles. The molecule has 0 spiro atoms. The van der Waals surface area contributed by atoms with E-state index in [1.807, 2.05) is 23.6 Å². The van der Waals surface area contributed by atoms with Gasteiger partial charge in [-0.15, -0.1) is 23.7 Å². The van der Waals surface area contributed by atoms with Crippen molar-refractivity contribution in [1.29, 1.82) is 0 Å². The first-order chi connectivity index (χ1) is 8.92. The summed E-state index contributed by atoms with van der Waals surface area (Å²) < 4.78 is 1.35. The highest BCUT2D eigenvalue weighted by Gasteiger charge is 2.14. The van der Waals surface area contributed by atoms with Gasteiger partial charge in [0.25, 0.3) is 0 Å². The third-order valence-corrected chi connectivity index (χ3v) is 4.57. The monoisotopic (exact) mass is 285 g/mol. The third kappa shape index (κ3) is 1.97. The minimum atomic E-state index is 0. The van der Waals surface area contributed by atoms with Crippen LogP contribution in [0.25, 0.3) is 10.1 Å². The highest BCUT2D eigenvalue weighted by atomic mass is 35.5. The second-order valence-electron chi connectivity index (χ2n) is 4.50. The highest BCUT2D eigenvalue weighted by molar-refractivity contribution is 7.19. The average Bonchev–Trinajstić information content (AvgIpc) is 2.65. The van der Waals surface area contributed by atoms with Crippen LogP contribution in [-0.4, -0.2) is 6.21 Å². The summed E-state index contributed by atoms with van der Waals surface area (Å²) >= 11 is 1.89. The van der Waals surface area contributed by atoms with E-state index in [9.17, 15) is 0 Å². The summed E-state index contributed by atoms with van der Waals surface area (Å²) in [6.07, 6.45) is 3.02. The van der Waals surface area contributed by atoms with Gasteiger partial charge in [0, 0.05) is 33.2 Å². The van der Waals surface area contributed by atoms with E-state index < -0.39 is 0 Å². The summed E-state index contributed by atoms with van der Waals surface area (Å²) in [5.41, 5.74) is 3.72. The molecule has 0 atom stereocenters. The Morgan fingerprint density at radius 3 is 2.68 bits per heavy atom. The largest absolute Gasteiger partial charge is 0.256 e. The van der Waals surface area contributed by atoms with Crippen LogP contribution in [0.1, 0.15) is 16.0 Å². The van der Waals surface area contributed by atoms with E-state index in [1.54, 1.807) is 0 Å². The lowest BCUT2D eigenvalue weighted by Gasteiger charge is -2.00. The van der Waals surface area contributed by atoms with Gasteiger partial charge in [-0.25, -0.2) is 0 Å². The molecule has 0 fully saturated rings. The standard InChI is InChI=1S/C16H11NS.ClH/c1-3-7-14-11(5-1)9-16-13(10-17-14)12-6-2-4-8-15(12)18-16;/h1-8,10H,9H2;1H. The fraction of sp³-hybridized carbons (Fsp3) is 0.0625. The predicted octanol–water partition coefficient (Wildman–Crippen LogP) is 4.98. The van der Waals surface area contributed by atoms with Crippen LogP contribution >= 0.6 is 23.7 Å². The van der Waals surface area contributed by atoms with E-state index in [4.69, 9.17) is 0 Å². The van der Waals surface area contributed by atoms with Crippen LogP contribution in [-0.2, 0) is 6.42 Å². The van der Waals surface area contributed by atoms with Crippen molar-refractivity contribution >= 4 is 45.7 Å². The van der Waals surface area contributed by atoms with Gasteiger partial charge in [0.2, 0.25) is 0 Å². The van der Waals surface area contributed by atoms with E-state index in [0.29, 0.717) is 0 Å². The Balaban J connectivity index is 0.00000110. The van der Waals surface area contributed by atoms with Crippen LogP contribution in [0.5, 0.6) is 0 Å². The maximum atomic E-state index is 4.63. The minimum absolute atomic E-state index is 0. The molecule has 0 bridgehead atoms. The fourth-order valence-electron chi connectivity index (χ4n) is 2.48. The molecule has 0 saturated heterocycles. The number of hydrogen-bond donors (Lipinski definition) is 0. The number of para-hydroxylation sites is 1. The molecule has 1 aromatic heterocycles. The molecule has 19 heavy (non-hydrogen) atoms. The van der Waals surface area contributed by atoms with Crippen molar-refractivity contribution in [2.75, 3.05) is 0 Å². The number of thiophene rings is 1. The van der Waals surface area contributed by atoms with Gasteiger partial charge in [0.1, 0.15) is 0 Å². The second kappa shape index (κ2) is 4.80. The number of rotatable bonds is 0. The molecule has 1 aliphatic rings. The number of aliphatic imine (C=N–C) groups is 1. The first-order valence-corrected chi connectivity index (χ1v) is 6.86. The molecular formula is C16H12ClNS. The van der Waals surface area contributed by atoms with Gasteiger partial charge in [0.15, 0.2) is 0 Å². The van der Waals surface area contributed by atoms with Crippen molar-refractivity contribution in [3.05, 3.63) is 64.5 Å². The first-order valence-electron chi connectivity index (χ1n) is 6.04. The topological polar surface area (TPSA) is 12.4 Å². The van der Waals surface area contributed by atoms with Crippen LogP contribution in [0, 0.1) is 0 Å². The SMILES string of the molecule is C1=Nc2ccccc2Cc2sc3ccccc3c21.Cl. The van der Waals surface area contributed by atoms with E-state index in [1.165, 1.54) is 26.1 Å². The first kappa shape index (κ1) is 12.4. The Kier molecular flexibility index (Phi) is 3.13. The molecule has 1 aliphatic heterocycles. The molecule has 3 aromatic rings. The summed E-state index contributed by atoms with van der Waals surface area (Å²) in [7, 11) is 0. The second-order valence-corrected chi connectivity index (χ2v) is 5.64. The van der Waals surface area contributed by atoms with E-state index in [-0.39, 0.29) is 12.4 Å². The lowest BCUT2D eigenvalue weighted by Crippen LogP contribution is -1.86. The lowest BCUT2D eigenvalue weighted by atomic mass is 10.1. The average molecular weight is 286 g/mol. The summed E-state index contributed by atoms with van der Waals surface area (Å²) in [6, 6.07) is 17.0. The van der Waals surface area contributed by atoms with Crippen molar-refractivity contribution in [2.45, 2.75) is 6.42 Å². The van der Waals surface area contributed by atoms with Gasteiger partial charge in [0.05, 0.1) is 5.69 Å². The van der Waals surface area contributed by atoms with Crippen molar-refractivity contribution in [1.82, 2.24) is 0 Å². The molecule has 0 aliphatic carbocycles.